The summed E-state index contributed by atoms with van der Waals surface area (Å²) in [7, 11) is -9.89. The molecule has 1 radical (unpaired) electrons. The average molecular weight is 607 g/mol. The molecule has 0 spiro atoms. The van der Waals surface area contributed by atoms with Crippen LogP contribution in [0.15, 0.2) is 18.2 Å². The molecule has 0 atom stereocenters. The molecule has 0 fully saturated rings. The van der Waals surface area contributed by atoms with E-state index in [1.54, 1.807) is 0 Å². The standard InChI is InChI=1S/3C5H8N2.2ClHO4.Cu.3H2O/c3*1-4-3-5(2)7-6-4;2*2-1(3,4)5;;;;/h3*3H,1-2H3,(H,6,7);2*(H,2,3,4,5);;3*1H2/q;;;;;+2;;;. The summed E-state index contributed by atoms with van der Waals surface area (Å²) in [4.78, 5) is 0. The number of nitrogens with zero attached hydrogens (tertiary/aromatic N) is 3. The van der Waals surface area contributed by atoms with E-state index < -0.39 is 20.5 Å². The van der Waals surface area contributed by atoms with Crippen LogP contribution in [0, 0.1) is 62.0 Å². The average Bonchev–Trinajstić information content (AvgIpc) is 3.21. The van der Waals surface area contributed by atoms with Crippen LogP contribution in [0.5, 0.6) is 0 Å². The molecule has 35 heavy (non-hydrogen) atoms. The van der Waals surface area contributed by atoms with Gasteiger partial charge >= 0.3 is 17.1 Å². The molecule has 211 valence electrons. The minimum atomic E-state index is -4.94. The minimum Gasteiger partial charge on any atom is -0.457 e. The first-order valence-electron chi connectivity index (χ1n) is 8.06. The Bertz CT molecular complexity index is 688. The molecule has 0 amide bonds. The normalized spacial score (nSPS) is 9.09. The summed E-state index contributed by atoms with van der Waals surface area (Å²) >= 11 is 0. The van der Waals surface area contributed by atoms with E-state index in [-0.39, 0.29) is 33.5 Å². The van der Waals surface area contributed by atoms with Gasteiger partial charge in [0.1, 0.15) is 0 Å². The fourth-order valence-corrected chi connectivity index (χ4v) is 1.66. The number of hydrogen-bond donors (Lipinski definition) is 3. The van der Waals surface area contributed by atoms with E-state index in [9.17, 15) is 0 Å². The molecule has 20 heteroatoms. The van der Waals surface area contributed by atoms with Crippen LogP contribution in [-0.4, -0.2) is 36.1 Å². The van der Waals surface area contributed by atoms with Gasteiger partial charge in [-0.15, -0.1) is 20.5 Å². The van der Waals surface area contributed by atoms with Gasteiger partial charge in [0.25, 0.3) is 0 Å². The van der Waals surface area contributed by atoms with Crippen molar-refractivity contribution in [3.8, 4) is 0 Å². The summed E-state index contributed by atoms with van der Waals surface area (Å²) in [6.45, 7) is 11.8. The number of hydrogen-bond acceptors (Lipinski definition) is 11. The number of aromatic amines is 3. The van der Waals surface area contributed by atoms with Crippen LogP contribution in [0.1, 0.15) is 34.2 Å². The monoisotopic (exact) mass is 605 g/mol. The second-order valence-electron chi connectivity index (χ2n) is 5.83. The predicted molar refractivity (Wildman–Crippen MR) is 97.5 cm³/mol. The molecule has 11 N–H and O–H groups in total. The minimum absolute atomic E-state index is 0. The Balaban J connectivity index is -0.0000000737. The van der Waals surface area contributed by atoms with E-state index in [1.165, 1.54) is 0 Å². The quantitative estimate of drug-likeness (QED) is 0.159. The van der Waals surface area contributed by atoms with Crippen molar-refractivity contribution in [2.75, 3.05) is 0 Å². The Morgan fingerprint density at radius 2 is 0.657 bits per heavy atom. The van der Waals surface area contributed by atoms with Crippen LogP contribution in [0.2, 0.25) is 0 Å². The van der Waals surface area contributed by atoms with Crippen molar-refractivity contribution in [2.24, 2.45) is 0 Å². The molecule has 3 aromatic heterocycles. The van der Waals surface area contributed by atoms with E-state index in [2.05, 4.69) is 30.6 Å². The first-order valence-corrected chi connectivity index (χ1v) is 10.5. The topological polar surface area (TPSA) is 368 Å². The third kappa shape index (κ3) is 46.3. The molecule has 3 rings (SSSR count). The maximum absolute atomic E-state index is 8.49. The van der Waals surface area contributed by atoms with E-state index in [4.69, 9.17) is 37.3 Å². The van der Waals surface area contributed by atoms with Crippen molar-refractivity contribution in [3.63, 3.8) is 0 Å². The van der Waals surface area contributed by atoms with Gasteiger partial charge in [-0.05, 0) is 59.7 Å². The van der Waals surface area contributed by atoms with Gasteiger partial charge in [0.05, 0.1) is 17.1 Å². The van der Waals surface area contributed by atoms with Crippen molar-refractivity contribution < 1.29 is 91.3 Å². The second-order valence-corrected chi connectivity index (χ2v) is 7.34. The first kappa shape index (κ1) is 46.6. The second kappa shape index (κ2) is 22.7. The van der Waals surface area contributed by atoms with Gasteiger partial charge in [-0.25, -0.2) is 37.3 Å². The molecule has 0 aliphatic heterocycles. The molecular weight excluding hydrogens is 575 g/mol. The Kier molecular flexibility index (Phi) is 30.3. The van der Waals surface area contributed by atoms with Gasteiger partial charge < -0.3 is 16.4 Å². The summed E-state index contributed by atoms with van der Waals surface area (Å²) < 4.78 is 67.9. The van der Waals surface area contributed by atoms with E-state index >= 15 is 0 Å². The smallest absolute Gasteiger partial charge is 0.457 e. The number of aryl methyl sites for hydroxylation is 6. The third-order valence-electron chi connectivity index (χ3n) is 2.50. The van der Waals surface area contributed by atoms with Crippen molar-refractivity contribution >= 4 is 0 Å². The molecule has 17 nitrogen and oxygen atoms in total. The summed E-state index contributed by atoms with van der Waals surface area (Å²) in [5, 5.41) is 20.1. The first-order chi connectivity index (χ1) is 13.9. The van der Waals surface area contributed by atoms with Crippen LogP contribution >= 0.6 is 0 Å². The Hall–Kier alpha value is -1.71. The molecule has 0 aromatic carbocycles. The summed E-state index contributed by atoms with van der Waals surface area (Å²) in [5.74, 6) is 0. The molecule has 0 unspecified atom stereocenters. The Morgan fingerprint density at radius 1 is 0.514 bits per heavy atom. The van der Waals surface area contributed by atoms with Crippen LogP contribution in [0.3, 0.4) is 0 Å². The van der Waals surface area contributed by atoms with Crippen LogP contribution in [0.4, 0.5) is 0 Å². The fourth-order valence-electron chi connectivity index (χ4n) is 1.66. The molecule has 0 bridgehead atoms. The van der Waals surface area contributed by atoms with Crippen molar-refractivity contribution in [2.45, 2.75) is 41.5 Å². The molecule has 3 heterocycles. The number of rotatable bonds is 0. The van der Waals surface area contributed by atoms with Gasteiger partial charge in [0.2, 0.25) is 0 Å². The van der Waals surface area contributed by atoms with Gasteiger partial charge in [-0.2, -0.15) is 15.3 Å². The Morgan fingerprint density at radius 3 is 0.686 bits per heavy atom. The van der Waals surface area contributed by atoms with Crippen molar-refractivity contribution in [3.05, 3.63) is 52.4 Å². The fraction of sp³-hybridized carbons (Fsp3) is 0.400. The third-order valence-corrected chi connectivity index (χ3v) is 2.50. The van der Waals surface area contributed by atoms with E-state index in [0.717, 1.165) is 34.2 Å². The molecule has 0 aliphatic carbocycles. The summed E-state index contributed by atoms with van der Waals surface area (Å²) in [6.07, 6.45) is 0. The maximum Gasteiger partial charge on any atom is 2.00 e. The SMILES string of the molecule is Cc1cc(C)[nH]n1.Cc1cc(C)[nH]n1.Cc1cc(C)[nH]n1.O.[Cu+2].[O-][Cl+3]([O-])([O-])[O-].[O-][Cl+3]([O-])([O-])[O-].[OH3+].[OH3+]. The van der Waals surface area contributed by atoms with Gasteiger partial charge in [-0.1, -0.05) is 0 Å². The molecule has 0 aliphatic rings. The number of H-pyrrole nitrogens is 3. The molecular formula is C15H32Cl2CuN6O11+2. The van der Waals surface area contributed by atoms with Crippen molar-refractivity contribution in [1.82, 2.24) is 30.6 Å². The van der Waals surface area contributed by atoms with Gasteiger partial charge in [0.15, 0.2) is 0 Å². The van der Waals surface area contributed by atoms with Gasteiger partial charge in [-0.3, -0.25) is 15.3 Å². The predicted octanol–water partition coefficient (Wildman–Crippen LogP) is -9.10. The maximum atomic E-state index is 8.49. The summed E-state index contributed by atoms with van der Waals surface area (Å²) in [5.41, 5.74) is 6.53. The largest absolute Gasteiger partial charge is 2.00 e. The van der Waals surface area contributed by atoms with E-state index in [1.807, 2.05) is 59.7 Å². The van der Waals surface area contributed by atoms with Crippen LogP contribution in [0.25, 0.3) is 0 Å². The molecule has 3 aromatic rings. The van der Waals surface area contributed by atoms with E-state index in [0.29, 0.717) is 0 Å². The Labute approximate surface area is 215 Å². The number of aromatic nitrogens is 6. The van der Waals surface area contributed by atoms with Crippen molar-refractivity contribution in [1.29, 1.82) is 0 Å². The molecule has 0 saturated carbocycles. The number of halogens is 2. The van der Waals surface area contributed by atoms with Gasteiger partial charge in [0, 0.05) is 17.1 Å². The van der Waals surface area contributed by atoms with Crippen LogP contribution in [-0.2, 0) is 28.0 Å². The zero-order chi connectivity index (χ0) is 24.8. The zero-order valence-electron chi connectivity index (χ0n) is 19.6. The molecule has 0 saturated heterocycles. The summed E-state index contributed by atoms with van der Waals surface area (Å²) in [6, 6.07) is 6.00. The zero-order valence-corrected chi connectivity index (χ0v) is 22.0. The number of nitrogens with one attached hydrogen (secondary N) is 3. The van der Waals surface area contributed by atoms with Crippen LogP contribution < -0.4 is 37.3 Å².